The first kappa shape index (κ1) is 11.9. The van der Waals surface area contributed by atoms with Gasteiger partial charge in [0.2, 0.25) is 0 Å². The van der Waals surface area contributed by atoms with E-state index in [0.29, 0.717) is 6.61 Å². The molecule has 0 bridgehead atoms. The van der Waals surface area contributed by atoms with Crippen molar-refractivity contribution in [3.05, 3.63) is 22.4 Å². The molecule has 1 aromatic heterocycles. The zero-order valence-electron chi connectivity index (χ0n) is 8.13. The fourth-order valence-electron chi connectivity index (χ4n) is 0.833. The SMILES string of the molecule is COP(=O)(COCc1cccs1)OC. The van der Waals surface area contributed by atoms with Gasteiger partial charge in [-0.25, -0.2) is 0 Å². The molecule has 80 valence electrons. The summed E-state index contributed by atoms with van der Waals surface area (Å²) in [7, 11) is -0.325. The molecule has 6 heteroatoms. The summed E-state index contributed by atoms with van der Waals surface area (Å²) in [6.07, 6.45) is -0.0160. The van der Waals surface area contributed by atoms with Crippen LogP contribution in [-0.2, 0) is 25.0 Å². The van der Waals surface area contributed by atoms with Crippen molar-refractivity contribution in [3.8, 4) is 0 Å². The number of rotatable bonds is 6. The molecule has 0 fully saturated rings. The van der Waals surface area contributed by atoms with E-state index in [1.54, 1.807) is 11.3 Å². The van der Waals surface area contributed by atoms with Gasteiger partial charge in [0.15, 0.2) is 0 Å². The topological polar surface area (TPSA) is 44.8 Å². The standard InChI is InChI=1S/C8H13O4PS/c1-10-13(9,11-2)7-12-6-8-4-3-5-14-8/h3-5H,6-7H2,1-2H3. The summed E-state index contributed by atoms with van der Waals surface area (Å²) >= 11 is 1.59. The Morgan fingerprint density at radius 3 is 2.64 bits per heavy atom. The second-order valence-corrected chi connectivity index (χ2v) is 5.78. The molecule has 14 heavy (non-hydrogen) atoms. The lowest BCUT2D eigenvalue weighted by Crippen LogP contribution is -1.99. The number of hydrogen-bond acceptors (Lipinski definition) is 5. The van der Waals surface area contributed by atoms with Gasteiger partial charge in [0.05, 0.1) is 6.61 Å². The molecule has 0 saturated heterocycles. The molecule has 0 N–H and O–H groups in total. The highest BCUT2D eigenvalue weighted by atomic mass is 32.1. The molecular formula is C8H13O4PS. The molecule has 0 aliphatic carbocycles. The van der Waals surface area contributed by atoms with Crippen molar-refractivity contribution in [1.82, 2.24) is 0 Å². The molecule has 0 saturated carbocycles. The Kier molecular flexibility index (Phi) is 4.78. The van der Waals surface area contributed by atoms with Gasteiger partial charge < -0.3 is 13.8 Å². The smallest absolute Gasteiger partial charge is 0.355 e. The first-order valence-electron chi connectivity index (χ1n) is 4.01. The van der Waals surface area contributed by atoms with Gasteiger partial charge in [-0.2, -0.15) is 0 Å². The molecular weight excluding hydrogens is 223 g/mol. The first-order valence-corrected chi connectivity index (χ1v) is 6.61. The maximum Gasteiger partial charge on any atom is 0.355 e. The highest BCUT2D eigenvalue weighted by Crippen LogP contribution is 2.46. The van der Waals surface area contributed by atoms with Crippen LogP contribution in [0.5, 0.6) is 0 Å². The lowest BCUT2D eigenvalue weighted by Gasteiger charge is -2.12. The molecule has 1 heterocycles. The molecule has 0 aliphatic rings. The summed E-state index contributed by atoms with van der Waals surface area (Å²) < 4.78 is 26.2. The van der Waals surface area contributed by atoms with Crippen LogP contribution in [0.1, 0.15) is 4.88 Å². The van der Waals surface area contributed by atoms with E-state index in [1.165, 1.54) is 14.2 Å². The monoisotopic (exact) mass is 236 g/mol. The van der Waals surface area contributed by atoms with Gasteiger partial charge >= 0.3 is 7.60 Å². The Labute approximate surface area is 87.3 Å². The summed E-state index contributed by atoms with van der Waals surface area (Å²) in [5.74, 6) is 0. The minimum absolute atomic E-state index is 0.0160. The summed E-state index contributed by atoms with van der Waals surface area (Å²) in [4.78, 5) is 1.09. The van der Waals surface area contributed by atoms with Crippen molar-refractivity contribution in [2.75, 3.05) is 20.6 Å². The predicted octanol–water partition coefficient (Wildman–Crippen LogP) is 2.71. The third kappa shape index (κ3) is 3.52. The van der Waals surface area contributed by atoms with Crippen molar-refractivity contribution >= 4 is 18.9 Å². The molecule has 0 aromatic carbocycles. The summed E-state index contributed by atoms with van der Waals surface area (Å²) in [5.41, 5.74) is 0. The average Bonchev–Trinajstić information content (AvgIpc) is 2.70. The maximum absolute atomic E-state index is 11.5. The Morgan fingerprint density at radius 2 is 2.14 bits per heavy atom. The van der Waals surface area contributed by atoms with Crippen LogP contribution < -0.4 is 0 Å². The average molecular weight is 236 g/mol. The lowest BCUT2D eigenvalue weighted by atomic mass is 10.5. The van der Waals surface area contributed by atoms with Crippen LogP contribution in [0.15, 0.2) is 17.5 Å². The quantitative estimate of drug-likeness (QED) is 0.712. The molecule has 1 aromatic rings. The number of ether oxygens (including phenoxy) is 1. The predicted molar refractivity (Wildman–Crippen MR) is 55.6 cm³/mol. The minimum Gasteiger partial charge on any atom is -0.363 e. The molecule has 0 amide bonds. The van der Waals surface area contributed by atoms with Crippen LogP contribution in [0, 0.1) is 0 Å². The molecule has 4 nitrogen and oxygen atoms in total. The van der Waals surface area contributed by atoms with Gasteiger partial charge in [0.1, 0.15) is 6.35 Å². The van der Waals surface area contributed by atoms with Crippen LogP contribution in [0.4, 0.5) is 0 Å². The molecule has 0 atom stereocenters. The van der Waals surface area contributed by atoms with Crippen LogP contribution in [0.25, 0.3) is 0 Å². The fourth-order valence-corrected chi connectivity index (χ4v) is 2.15. The zero-order chi connectivity index (χ0) is 10.4. The minimum atomic E-state index is -3.02. The highest BCUT2D eigenvalue weighted by molar-refractivity contribution is 7.53. The van der Waals surface area contributed by atoms with Gasteiger partial charge in [-0.15, -0.1) is 11.3 Å². The Balaban J connectivity index is 2.30. The van der Waals surface area contributed by atoms with E-state index in [0.717, 1.165) is 4.88 Å². The molecule has 0 unspecified atom stereocenters. The van der Waals surface area contributed by atoms with E-state index in [4.69, 9.17) is 13.8 Å². The molecule has 0 radical (unpaired) electrons. The largest absolute Gasteiger partial charge is 0.363 e. The van der Waals surface area contributed by atoms with Crippen LogP contribution in [0.2, 0.25) is 0 Å². The van der Waals surface area contributed by atoms with Crippen molar-refractivity contribution in [2.45, 2.75) is 6.61 Å². The van der Waals surface area contributed by atoms with Crippen molar-refractivity contribution < 1.29 is 18.3 Å². The Hall–Kier alpha value is -0.190. The second kappa shape index (κ2) is 5.63. The third-order valence-electron chi connectivity index (χ3n) is 1.63. The highest BCUT2D eigenvalue weighted by Gasteiger charge is 2.20. The Bertz CT molecular complexity index is 290. The van der Waals surface area contributed by atoms with E-state index in [-0.39, 0.29) is 6.35 Å². The van der Waals surface area contributed by atoms with Gasteiger partial charge in [0.25, 0.3) is 0 Å². The second-order valence-electron chi connectivity index (χ2n) is 2.53. The van der Waals surface area contributed by atoms with E-state index in [2.05, 4.69) is 0 Å². The molecule has 0 spiro atoms. The Morgan fingerprint density at radius 1 is 1.43 bits per heavy atom. The summed E-state index contributed by atoms with van der Waals surface area (Å²) in [6.45, 7) is 0.439. The van der Waals surface area contributed by atoms with E-state index >= 15 is 0 Å². The summed E-state index contributed by atoms with van der Waals surface area (Å²) in [6, 6.07) is 3.89. The van der Waals surface area contributed by atoms with E-state index < -0.39 is 7.60 Å². The van der Waals surface area contributed by atoms with Gasteiger partial charge in [-0.05, 0) is 11.4 Å². The van der Waals surface area contributed by atoms with E-state index in [1.807, 2.05) is 17.5 Å². The third-order valence-corrected chi connectivity index (χ3v) is 4.09. The number of thiophene rings is 1. The van der Waals surface area contributed by atoms with Crippen LogP contribution in [0.3, 0.4) is 0 Å². The van der Waals surface area contributed by atoms with E-state index in [9.17, 15) is 4.57 Å². The van der Waals surface area contributed by atoms with Gasteiger partial charge in [-0.1, -0.05) is 6.07 Å². The van der Waals surface area contributed by atoms with Crippen LogP contribution in [-0.4, -0.2) is 20.6 Å². The van der Waals surface area contributed by atoms with Gasteiger partial charge in [0, 0.05) is 19.1 Å². The zero-order valence-corrected chi connectivity index (χ0v) is 9.85. The first-order chi connectivity index (χ1) is 6.70. The van der Waals surface area contributed by atoms with Crippen molar-refractivity contribution in [1.29, 1.82) is 0 Å². The van der Waals surface area contributed by atoms with Crippen LogP contribution >= 0.6 is 18.9 Å². The normalized spacial score (nSPS) is 11.9. The summed E-state index contributed by atoms with van der Waals surface area (Å²) in [5, 5.41) is 1.96. The lowest BCUT2D eigenvalue weighted by molar-refractivity contribution is 0.136. The van der Waals surface area contributed by atoms with Crippen molar-refractivity contribution in [3.63, 3.8) is 0 Å². The number of hydrogen-bond donors (Lipinski definition) is 0. The molecule has 1 rings (SSSR count). The molecule has 0 aliphatic heterocycles. The fraction of sp³-hybridized carbons (Fsp3) is 0.500. The van der Waals surface area contributed by atoms with Crippen molar-refractivity contribution in [2.24, 2.45) is 0 Å². The van der Waals surface area contributed by atoms with Gasteiger partial charge in [-0.3, -0.25) is 4.57 Å². The maximum atomic E-state index is 11.5.